The first-order chi connectivity index (χ1) is 7.76. The number of para-hydroxylation sites is 1. The minimum Gasteiger partial charge on any atom is -0.381 e. The predicted molar refractivity (Wildman–Crippen MR) is 58.4 cm³/mol. The zero-order chi connectivity index (χ0) is 11.4. The third-order valence-corrected chi connectivity index (χ3v) is 2.81. The predicted octanol–water partition coefficient (Wildman–Crippen LogP) is 2.31. The molecular formula is C12H13FN2O. The van der Waals surface area contributed by atoms with Crippen molar-refractivity contribution in [1.82, 2.24) is 0 Å². The molecule has 1 aliphatic heterocycles. The third-order valence-electron chi connectivity index (χ3n) is 2.81. The van der Waals surface area contributed by atoms with Crippen LogP contribution in [0.3, 0.4) is 0 Å². The van der Waals surface area contributed by atoms with E-state index >= 15 is 0 Å². The Morgan fingerprint density at radius 2 is 2.00 bits per heavy atom. The van der Waals surface area contributed by atoms with E-state index in [0.29, 0.717) is 31.7 Å². The van der Waals surface area contributed by atoms with Crippen LogP contribution in [0.4, 0.5) is 10.1 Å². The molecule has 0 bridgehead atoms. The Kier molecular flexibility index (Phi) is 3.07. The second-order valence-electron chi connectivity index (χ2n) is 3.91. The van der Waals surface area contributed by atoms with Gasteiger partial charge in [0.05, 0.1) is 11.8 Å². The highest BCUT2D eigenvalue weighted by Crippen LogP contribution is 2.26. The van der Waals surface area contributed by atoms with Gasteiger partial charge in [-0.25, -0.2) is 4.39 Å². The Morgan fingerprint density at radius 1 is 1.31 bits per heavy atom. The van der Waals surface area contributed by atoms with E-state index in [1.807, 2.05) is 0 Å². The molecule has 4 heteroatoms. The van der Waals surface area contributed by atoms with Gasteiger partial charge in [0, 0.05) is 26.1 Å². The highest BCUT2D eigenvalue weighted by molar-refractivity contribution is 5.49. The molecule has 0 aromatic heterocycles. The van der Waals surface area contributed by atoms with Crippen LogP contribution in [0.1, 0.15) is 12.8 Å². The number of rotatable bonds is 2. The quantitative estimate of drug-likeness (QED) is 0.831. The summed E-state index contributed by atoms with van der Waals surface area (Å²) in [5.41, 5.74) is -0.313. The summed E-state index contributed by atoms with van der Waals surface area (Å²) in [6, 6.07) is 8.63. The van der Waals surface area contributed by atoms with Crippen molar-refractivity contribution in [2.24, 2.45) is 0 Å². The van der Waals surface area contributed by atoms with Crippen LogP contribution < -0.4 is 5.32 Å². The van der Waals surface area contributed by atoms with Crippen molar-refractivity contribution in [3.8, 4) is 6.07 Å². The molecule has 84 valence electrons. The van der Waals surface area contributed by atoms with Crippen LogP contribution in [0.15, 0.2) is 24.3 Å². The largest absolute Gasteiger partial charge is 0.381 e. The molecular weight excluding hydrogens is 207 g/mol. The van der Waals surface area contributed by atoms with Crippen LogP contribution in [0.2, 0.25) is 0 Å². The molecule has 0 radical (unpaired) electrons. The first-order valence-corrected chi connectivity index (χ1v) is 5.27. The molecule has 0 unspecified atom stereocenters. The van der Waals surface area contributed by atoms with Gasteiger partial charge in [-0.2, -0.15) is 5.26 Å². The molecule has 1 aromatic carbocycles. The lowest BCUT2D eigenvalue weighted by Gasteiger charge is -2.32. The van der Waals surface area contributed by atoms with Gasteiger partial charge < -0.3 is 10.1 Å². The first kappa shape index (κ1) is 10.9. The summed E-state index contributed by atoms with van der Waals surface area (Å²) in [5, 5.41) is 12.2. The van der Waals surface area contributed by atoms with Crippen molar-refractivity contribution in [1.29, 1.82) is 5.26 Å². The lowest BCUT2D eigenvalue weighted by Crippen LogP contribution is -2.42. The summed E-state index contributed by atoms with van der Waals surface area (Å²) in [6.45, 7) is 1.07. The number of nitrogens with one attached hydrogen (secondary N) is 1. The number of anilines is 1. The van der Waals surface area contributed by atoms with Crippen molar-refractivity contribution < 1.29 is 9.13 Å². The Hall–Kier alpha value is -1.60. The van der Waals surface area contributed by atoms with Gasteiger partial charge in [-0.15, -0.1) is 0 Å². The lowest BCUT2D eigenvalue weighted by molar-refractivity contribution is 0.0752. The van der Waals surface area contributed by atoms with Gasteiger partial charge in [0.15, 0.2) is 0 Å². The zero-order valence-corrected chi connectivity index (χ0v) is 8.87. The summed E-state index contributed by atoms with van der Waals surface area (Å²) in [7, 11) is 0. The highest BCUT2D eigenvalue weighted by atomic mass is 19.1. The zero-order valence-electron chi connectivity index (χ0n) is 8.87. The number of ether oxygens (including phenoxy) is 1. The minimum atomic E-state index is -0.694. The van der Waals surface area contributed by atoms with E-state index in [4.69, 9.17) is 4.74 Å². The summed E-state index contributed by atoms with van der Waals surface area (Å²) in [5.74, 6) is -0.330. The molecule has 2 rings (SSSR count). The maximum Gasteiger partial charge on any atom is 0.146 e. The first-order valence-electron chi connectivity index (χ1n) is 5.27. The smallest absolute Gasteiger partial charge is 0.146 e. The van der Waals surface area contributed by atoms with Crippen molar-refractivity contribution >= 4 is 5.69 Å². The van der Waals surface area contributed by atoms with Gasteiger partial charge in [0.25, 0.3) is 0 Å². The van der Waals surface area contributed by atoms with Gasteiger partial charge in [0.1, 0.15) is 11.4 Å². The summed E-state index contributed by atoms with van der Waals surface area (Å²) in [6.07, 6.45) is 1.16. The fourth-order valence-corrected chi connectivity index (χ4v) is 1.80. The van der Waals surface area contributed by atoms with Crippen molar-refractivity contribution in [2.45, 2.75) is 18.4 Å². The molecule has 1 aromatic rings. The molecule has 1 fully saturated rings. The van der Waals surface area contributed by atoms with Gasteiger partial charge in [0.2, 0.25) is 0 Å². The Morgan fingerprint density at radius 3 is 2.62 bits per heavy atom. The van der Waals surface area contributed by atoms with E-state index < -0.39 is 5.54 Å². The van der Waals surface area contributed by atoms with Gasteiger partial charge >= 0.3 is 0 Å². The molecule has 0 amide bonds. The summed E-state index contributed by atoms with van der Waals surface area (Å²) in [4.78, 5) is 0. The minimum absolute atomic E-state index is 0.330. The van der Waals surface area contributed by atoms with Crippen LogP contribution in [0.5, 0.6) is 0 Å². The lowest BCUT2D eigenvalue weighted by atomic mass is 9.91. The van der Waals surface area contributed by atoms with E-state index in [0.717, 1.165) is 0 Å². The summed E-state index contributed by atoms with van der Waals surface area (Å²) < 4.78 is 18.7. The van der Waals surface area contributed by atoms with Gasteiger partial charge in [-0.3, -0.25) is 0 Å². The maximum atomic E-state index is 13.4. The number of nitriles is 1. The van der Waals surface area contributed by atoms with Crippen LogP contribution in [0, 0.1) is 17.1 Å². The van der Waals surface area contributed by atoms with Crippen molar-refractivity contribution in [3.63, 3.8) is 0 Å². The number of benzene rings is 1. The second-order valence-corrected chi connectivity index (χ2v) is 3.91. The Balaban J connectivity index is 2.19. The molecule has 0 saturated carbocycles. The molecule has 1 aliphatic rings. The van der Waals surface area contributed by atoms with E-state index in [-0.39, 0.29) is 5.82 Å². The Labute approximate surface area is 93.8 Å². The maximum absolute atomic E-state index is 13.4. The number of hydrogen-bond acceptors (Lipinski definition) is 3. The molecule has 3 nitrogen and oxygen atoms in total. The Bertz CT molecular complexity index is 408. The number of hydrogen-bond donors (Lipinski definition) is 1. The standard InChI is InChI=1S/C12H13FN2O/c13-10-3-1-2-4-11(10)15-12(9-14)5-7-16-8-6-12/h1-4,15H,5-8H2. The fraction of sp³-hybridized carbons (Fsp3) is 0.417. The fourth-order valence-electron chi connectivity index (χ4n) is 1.80. The van der Waals surface area contributed by atoms with Crippen molar-refractivity contribution in [2.75, 3.05) is 18.5 Å². The van der Waals surface area contributed by atoms with Crippen LogP contribution >= 0.6 is 0 Å². The van der Waals surface area contributed by atoms with E-state index in [1.165, 1.54) is 6.07 Å². The van der Waals surface area contributed by atoms with E-state index in [1.54, 1.807) is 18.2 Å². The topological polar surface area (TPSA) is 45.0 Å². The van der Waals surface area contributed by atoms with Crippen LogP contribution in [0.25, 0.3) is 0 Å². The molecule has 1 N–H and O–H groups in total. The van der Waals surface area contributed by atoms with Crippen LogP contribution in [-0.2, 0) is 4.74 Å². The average Bonchev–Trinajstić information content (AvgIpc) is 2.33. The monoisotopic (exact) mass is 220 g/mol. The van der Waals surface area contributed by atoms with E-state index in [9.17, 15) is 9.65 Å². The van der Waals surface area contributed by atoms with Gasteiger partial charge in [-0.05, 0) is 12.1 Å². The second kappa shape index (κ2) is 4.50. The highest BCUT2D eigenvalue weighted by Gasteiger charge is 2.32. The SMILES string of the molecule is N#CC1(Nc2ccccc2F)CCOCC1. The van der Waals surface area contributed by atoms with Crippen LogP contribution in [-0.4, -0.2) is 18.8 Å². The van der Waals surface area contributed by atoms with Gasteiger partial charge in [-0.1, -0.05) is 12.1 Å². The molecule has 1 saturated heterocycles. The summed E-state index contributed by atoms with van der Waals surface area (Å²) >= 11 is 0. The normalized spacial score (nSPS) is 18.8. The molecule has 0 aliphatic carbocycles. The molecule has 0 atom stereocenters. The third kappa shape index (κ3) is 2.15. The number of halogens is 1. The average molecular weight is 220 g/mol. The molecule has 0 spiro atoms. The van der Waals surface area contributed by atoms with E-state index in [2.05, 4.69) is 11.4 Å². The molecule has 16 heavy (non-hydrogen) atoms. The number of nitrogens with zero attached hydrogens (tertiary/aromatic N) is 1. The molecule has 1 heterocycles. The van der Waals surface area contributed by atoms with Crippen molar-refractivity contribution in [3.05, 3.63) is 30.1 Å².